The van der Waals surface area contributed by atoms with E-state index in [-0.39, 0.29) is 33.0 Å². The maximum Gasteiger partial charge on any atom is 0.218 e. The Labute approximate surface area is 274 Å². The molecule has 6 unspecified atom stereocenters. The van der Waals surface area contributed by atoms with E-state index in [9.17, 15) is 40.5 Å². The first-order valence-electron chi connectivity index (χ1n) is 16.0. The molecule has 1 amide bonds. The van der Waals surface area contributed by atoms with Gasteiger partial charge in [-0.15, -0.1) is 0 Å². The number of carbonyl (C=O) groups is 1. The molecule has 3 heterocycles. The third kappa shape index (κ3) is 9.36. The largest absolute Gasteiger partial charge is 0.396 e. The molecule has 0 bridgehead atoms. The van der Waals surface area contributed by atoms with Gasteiger partial charge in [-0.25, -0.2) is 0 Å². The number of amides is 1. The Bertz CT molecular complexity index is 904. The van der Waals surface area contributed by atoms with Gasteiger partial charge in [0.2, 0.25) is 5.91 Å². The second-order valence-corrected chi connectivity index (χ2v) is 12.4. The molecule has 3 fully saturated rings. The lowest BCUT2D eigenvalue weighted by Crippen LogP contribution is -2.64. The van der Waals surface area contributed by atoms with Crippen molar-refractivity contribution in [2.45, 2.75) is 56.3 Å². The van der Waals surface area contributed by atoms with Gasteiger partial charge in [-0.05, 0) is 5.92 Å². The van der Waals surface area contributed by atoms with E-state index in [4.69, 9.17) is 37.9 Å². The summed E-state index contributed by atoms with van der Waals surface area (Å²) in [6.45, 7) is -1.70. The van der Waals surface area contributed by atoms with Crippen molar-refractivity contribution in [2.24, 2.45) is 41.4 Å². The van der Waals surface area contributed by atoms with Crippen LogP contribution in [0.4, 0.5) is 0 Å². The molecule has 3 rings (SSSR count). The van der Waals surface area contributed by atoms with Gasteiger partial charge in [0.25, 0.3) is 0 Å². The van der Waals surface area contributed by atoms with Gasteiger partial charge < -0.3 is 79.0 Å². The summed E-state index contributed by atoms with van der Waals surface area (Å²) in [5, 5.41) is 75.3. The summed E-state index contributed by atoms with van der Waals surface area (Å²) in [5.74, 6) is -5.56. The lowest BCUT2D eigenvalue weighted by atomic mass is 9.76. The number of hydrogen-bond donors (Lipinski definition) is 8. The quantitative estimate of drug-likeness (QED) is 0.0691. The fourth-order valence-electron chi connectivity index (χ4n) is 7.25. The molecular formula is C30H55NO16. The zero-order valence-corrected chi connectivity index (χ0v) is 27.5. The van der Waals surface area contributed by atoms with Crippen LogP contribution in [-0.2, 0) is 42.7 Å². The molecule has 0 aromatic rings. The highest BCUT2D eigenvalue weighted by Gasteiger charge is 2.54. The van der Waals surface area contributed by atoms with Gasteiger partial charge >= 0.3 is 0 Å². The summed E-state index contributed by atoms with van der Waals surface area (Å²) in [5.41, 5.74) is 0. The lowest BCUT2D eigenvalue weighted by molar-refractivity contribution is -0.358. The number of methoxy groups -OCH3 is 3. The summed E-state index contributed by atoms with van der Waals surface area (Å²) in [6, 6.07) is 0. The van der Waals surface area contributed by atoms with Crippen molar-refractivity contribution in [3.63, 3.8) is 0 Å². The van der Waals surface area contributed by atoms with Gasteiger partial charge in [-0.3, -0.25) is 4.79 Å². The highest BCUT2D eigenvalue weighted by molar-refractivity contribution is 5.73. The average molecular weight is 686 g/mol. The summed E-state index contributed by atoms with van der Waals surface area (Å²) in [4.78, 5) is 11.9. The molecule has 0 aromatic carbocycles. The van der Waals surface area contributed by atoms with Crippen LogP contribution in [0.25, 0.3) is 0 Å². The highest BCUT2D eigenvalue weighted by atomic mass is 16.7. The van der Waals surface area contributed by atoms with E-state index in [1.54, 1.807) is 0 Å². The van der Waals surface area contributed by atoms with Crippen molar-refractivity contribution < 1.29 is 78.4 Å². The van der Waals surface area contributed by atoms with Crippen molar-refractivity contribution in [1.82, 2.24) is 5.32 Å². The molecule has 276 valence electrons. The monoisotopic (exact) mass is 685 g/mol. The van der Waals surface area contributed by atoms with Crippen molar-refractivity contribution in [2.75, 3.05) is 87.4 Å². The Hall–Kier alpha value is -1.13. The van der Waals surface area contributed by atoms with Gasteiger partial charge in [-0.2, -0.15) is 0 Å². The van der Waals surface area contributed by atoms with Crippen LogP contribution >= 0.6 is 0 Å². The predicted octanol–water partition coefficient (Wildman–Crippen LogP) is -3.73. The van der Waals surface area contributed by atoms with E-state index < -0.39 is 130 Å². The standard InChI is InChI=1S/C30H55NO16/c1-15(39)31-28-20(9-36)18(7-34)26(24(43-28)13-41-3)46-30-22(11-38)19(8-35)27(25(45-30)14-42-4)47-29-21(10-37)16(5-32)17(6-33)23(44-29)12-40-2/h16-30,32-38H,5-14H2,1-4H3,(H,31,39)/t16-,17-,18+,19+,20?,21?,22?,23?,24?,25?,26-,27-,28+,29+,30+/m0/s1. The van der Waals surface area contributed by atoms with E-state index in [1.807, 2.05) is 0 Å². The third-order valence-corrected chi connectivity index (χ3v) is 9.68. The molecule has 0 aromatic heterocycles. The number of hydrogen-bond acceptors (Lipinski definition) is 16. The van der Waals surface area contributed by atoms with E-state index in [2.05, 4.69) is 5.32 Å². The van der Waals surface area contributed by atoms with Crippen LogP contribution in [0.5, 0.6) is 0 Å². The summed E-state index contributed by atoms with van der Waals surface area (Å²) in [6.07, 6.45) is -7.59. The topological polar surface area (TPSA) is 245 Å². The van der Waals surface area contributed by atoms with Crippen LogP contribution in [0.15, 0.2) is 0 Å². The summed E-state index contributed by atoms with van der Waals surface area (Å²) in [7, 11) is 4.35. The first-order valence-corrected chi connectivity index (χ1v) is 16.0. The van der Waals surface area contributed by atoms with Gasteiger partial charge in [0.1, 0.15) is 18.4 Å². The third-order valence-electron chi connectivity index (χ3n) is 9.68. The fourth-order valence-corrected chi connectivity index (χ4v) is 7.25. The molecule has 17 nitrogen and oxygen atoms in total. The van der Waals surface area contributed by atoms with Gasteiger partial charge in [-0.1, -0.05) is 0 Å². The van der Waals surface area contributed by atoms with E-state index in [0.717, 1.165) is 0 Å². The Morgan fingerprint density at radius 3 is 1.34 bits per heavy atom. The van der Waals surface area contributed by atoms with Crippen LogP contribution in [0.3, 0.4) is 0 Å². The number of ether oxygens (including phenoxy) is 8. The van der Waals surface area contributed by atoms with E-state index in [1.165, 1.54) is 28.3 Å². The first-order chi connectivity index (χ1) is 22.7. The minimum Gasteiger partial charge on any atom is -0.396 e. The number of aliphatic hydroxyl groups excluding tert-OH is 7. The molecule has 0 radical (unpaired) electrons. The van der Waals surface area contributed by atoms with Crippen LogP contribution < -0.4 is 5.32 Å². The highest BCUT2D eigenvalue weighted by Crippen LogP contribution is 2.42. The van der Waals surface area contributed by atoms with Crippen LogP contribution in [-0.4, -0.2) is 178 Å². The van der Waals surface area contributed by atoms with Gasteiger partial charge in [0.05, 0.1) is 58.0 Å². The summed E-state index contributed by atoms with van der Waals surface area (Å²) >= 11 is 0. The Balaban J connectivity index is 1.93. The Morgan fingerprint density at radius 1 is 0.532 bits per heavy atom. The van der Waals surface area contributed by atoms with Crippen molar-refractivity contribution in [1.29, 1.82) is 0 Å². The smallest absolute Gasteiger partial charge is 0.218 e. The molecule has 17 heteroatoms. The predicted molar refractivity (Wildman–Crippen MR) is 159 cm³/mol. The van der Waals surface area contributed by atoms with Gasteiger partial charge in [0.15, 0.2) is 12.6 Å². The van der Waals surface area contributed by atoms with Crippen LogP contribution in [0, 0.1) is 41.4 Å². The Morgan fingerprint density at radius 2 is 0.915 bits per heavy atom. The lowest BCUT2D eigenvalue weighted by Gasteiger charge is -2.52. The molecule has 3 aliphatic heterocycles. The SMILES string of the molecule is COCC1O[C@H](O[C@@H]2C(COC)O[C@H](O[C@@H]3C(COC)O[C@@H](NC(C)=O)C(CO)[C@H]3CO)C(CO)[C@H]2CO)C(CO)[C@@H](CO)[C@@H]1CO. The molecular weight excluding hydrogens is 630 g/mol. The average Bonchev–Trinajstić information content (AvgIpc) is 3.05. The molecule has 15 atom stereocenters. The van der Waals surface area contributed by atoms with Crippen molar-refractivity contribution >= 4 is 5.91 Å². The zero-order valence-electron chi connectivity index (χ0n) is 27.5. The zero-order chi connectivity index (χ0) is 34.7. The molecule has 8 N–H and O–H groups in total. The van der Waals surface area contributed by atoms with Gasteiger partial charge in [0, 0.05) is 90.2 Å². The number of aliphatic hydroxyl groups is 7. The fraction of sp³-hybridized carbons (Fsp3) is 0.967. The van der Waals surface area contributed by atoms with Crippen LogP contribution in [0.2, 0.25) is 0 Å². The van der Waals surface area contributed by atoms with E-state index >= 15 is 0 Å². The minimum atomic E-state index is -1.19. The second kappa shape index (κ2) is 19.9. The summed E-state index contributed by atoms with van der Waals surface area (Å²) < 4.78 is 47.6. The minimum absolute atomic E-state index is 0.00631. The molecule has 3 aliphatic rings. The van der Waals surface area contributed by atoms with Crippen LogP contribution in [0.1, 0.15) is 6.92 Å². The second-order valence-electron chi connectivity index (χ2n) is 12.4. The van der Waals surface area contributed by atoms with E-state index in [0.29, 0.717) is 0 Å². The molecule has 0 saturated carbocycles. The van der Waals surface area contributed by atoms with Crippen molar-refractivity contribution in [3.05, 3.63) is 0 Å². The molecule has 3 saturated heterocycles. The number of rotatable bonds is 18. The maximum absolute atomic E-state index is 11.9. The molecule has 47 heavy (non-hydrogen) atoms. The first kappa shape index (κ1) is 40.3. The number of nitrogens with one attached hydrogen (secondary N) is 1. The normalized spacial score (nSPS) is 41.1. The maximum atomic E-state index is 11.9. The Kier molecular flexibility index (Phi) is 17.1. The molecule has 0 aliphatic carbocycles. The van der Waals surface area contributed by atoms with Crippen molar-refractivity contribution in [3.8, 4) is 0 Å². The molecule has 0 spiro atoms. The number of carbonyl (C=O) groups excluding carboxylic acids is 1.